The summed E-state index contributed by atoms with van der Waals surface area (Å²) in [7, 11) is 0.446. The van der Waals surface area contributed by atoms with Gasteiger partial charge >= 0.3 is 16.5 Å². The molecule has 0 aromatic heterocycles. The monoisotopic (exact) mass is 368 g/mol. The first kappa shape index (κ1) is 20.4. The van der Waals surface area contributed by atoms with Gasteiger partial charge in [-0.3, -0.25) is 0 Å². The molecule has 1 aromatic carbocycles. The summed E-state index contributed by atoms with van der Waals surface area (Å²) in [5.41, 5.74) is 0. The van der Waals surface area contributed by atoms with Gasteiger partial charge in [0.2, 0.25) is 0 Å². The van der Waals surface area contributed by atoms with Crippen molar-refractivity contribution in [1.82, 2.24) is 0 Å². The van der Waals surface area contributed by atoms with Crippen LogP contribution < -0.4 is 24.0 Å². The maximum atomic E-state index is 2.29. The molecule has 0 saturated carbocycles. The second kappa shape index (κ2) is 16.4. The summed E-state index contributed by atoms with van der Waals surface area (Å²) in [6.45, 7) is 6.87. The molecule has 3 heteroatoms. The summed E-state index contributed by atoms with van der Waals surface area (Å²) in [5, 5.41) is 0. The van der Waals surface area contributed by atoms with Gasteiger partial charge in [0.05, 0.1) is 0 Å². The Bertz CT molecular complexity index is 128. The van der Waals surface area contributed by atoms with Crippen LogP contribution in [0.15, 0.2) is 30.3 Å². The molecular weight excluding hydrogens is 349 g/mol. The van der Waals surface area contributed by atoms with E-state index in [0.29, 0.717) is 7.92 Å². The van der Waals surface area contributed by atoms with Crippen LogP contribution in [-0.2, 0) is 16.5 Å². The molecule has 0 aliphatic carbocycles. The molecule has 1 aromatic rings. The number of hydrogen-bond acceptors (Lipinski definition) is 0. The van der Waals surface area contributed by atoms with Crippen LogP contribution in [0.4, 0.5) is 0 Å². The van der Waals surface area contributed by atoms with Gasteiger partial charge in [-0.15, -0.1) is 7.92 Å². The molecule has 0 N–H and O–H groups in total. The Morgan fingerprint density at radius 1 is 0.929 bits per heavy atom. The van der Waals surface area contributed by atoms with Crippen molar-refractivity contribution in [2.24, 2.45) is 0 Å². The molecule has 0 saturated heterocycles. The largest absolute Gasteiger partial charge is 2.00 e. The van der Waals surface area contributed by atoms with Gasteiger partial charge in [0.15, 0.2) is 0 Å². The Morgan fingerprint density at radius 2 is 1.29 bits per heavy atom. The normalized spacial score (nSPS) is 8.00. The van der Waals surface area contributed by atoms with Crippen LogP contribution in [0, 0.1) is 0 Å². The topological polar surface area (TPSA) is 0 Å². The fraction of sp³-hybridized carbons (Fsp3) is 0.545. The molecule has 0 unspecified atom stereocenters. The van der Waals surface area contributed by atoms with E-state index in [1.807, 2.05) is 30.3 Å². The van der Waals surface area contributed by atoms with Gasteiger partial charge < -0.3 is 24.0 Å². The number of hydrogen-bond donors (Lipinski definition) is 0. The molecule has 0 radical (unpaired) electrons. The molecule has 0 nitrogen and oxygen atoms in total. The van der Waals surface area contributed by atoms with Crippen LogP contribution in [0.25, 0.3) is 0 Å². The van der Waals surface area contributed by atoms with Crippen molar-refractivity contribution in [3.63, 3.8) is 0 Å². The molecule has 1 rings (SSSR count). The van der Waals surface area contributed by atoms with Gasteiger partial charge in [0.25, 0.3) is 0 Å². The Labute approximate surface area is 117 Å². The van der Waals surface area contributed by atoms with Gasteiger partial charge in [0.1, 0.15) is 0 Å². The van der Waals surface area contributed by atoms with Gasteiger partial charge in [-0.05, 0) is 18.5 Å². The molecule has 0 aliphatic rings. The Balaban J connectivity index is -0.000000155. The maximum Gasteiger partial charge on any atom is 2.00 e. The summed E-state index contributed by atoms with van der Waals surface area (Å²) in [5.74, 6) is 0. The zero-order chi connectivity index (χ0) is 9.23. The average Bonchev–Trinajstić information content (AvgIpc) is 2.64. The minimum absolute atomic E-state index is 0. The van der Waals surface area contributed by atoms with Crippen LogP contribution in [0.2, 0.25) is 0 Å². The zero-order valence-electron chi connectivity index (χ0n) is 9.15. The second-order valence-electron chi connectivity index (χ2n) is 2.58. The third kappa shape index (κ3) is 13.0. The maximum absolute atomic E-state index is 2.29. The van der Waals surface area contributed by atoms with Gasteiger partial charge in [-0.1, -0.05) is 20.8 Å². The molecule has 0 heterocycles. The van der Waals surface area contributed by atoms with E-state index < -0.39 is 0 Å². The standard InChI is InChI=1S/C6H15P.C5H5.HI.Ni/c1-4-7(5-2)6-3;1-2-4-5-3-1;;/h4-6H2,1-3H3;1-5H;1H;/q;-1;;+2/p-1. The van der Waals surface area contributed by atoms with Crippen molar-refractivity contribution < 1.29 is 40.5 Å². The van der Waals surface area contributed by atoms with Crippen LogP contribution in [0.3, 0.4) is 0 Å². The van der Waals surface area contributed by atoms with E-state index in [-0.39, 0.29) is 40.5 Å². The van der Waals surface area contributed by atoms with E-state index >= 15 is 0 Å². The van der Waals surface area contributed by atoms with Crippen molar-refractivity contribution in [1.29, 1.82) is 0 Å². The number of halogens is 1. The van der Waals surface area contributed by atoms with E-state index in [1.54, 1.807) is 0 Å². The van der Waals surface area contributed by atoms with E-state index in [0.717, 1.165) is 0 Å². The number of rotatable bonds is 3. The average molecular weight is 369 g/mol. The van der Waals surface area contributed by atoms with Crippen LogP contribution >= 0.6 is 7.92 Å². The van der Waals surface area contributed by atoms with Crippen LogP contribution in [-0.4, -0.2) is 18.5 Å². The fourth-order valence-corrected chi connectivity index (χ4v) is 2.33. The molecule has 14 heavy (non-hydrogen) atoms. The predicted octanol–water partition coefficient (Wildman–Crippen LogP) is 0.935. The molecule has 0 amide bonds. The first-order chi connectivity index (χ1) is 5.85. The molecule has 86 valence electrons. The van der Waals surface area contributed by atoms with E-state index in [1.165, 1.54) is 18.5 Å². The predicted molar refractivity (Wildman–Crippen MR) is 60.6 cm³/mol. The molecule has 0 bridgehead atoms. The van der Waals surface area contributed by atoms with E-state index in [9.17, 15) is 0 Å². The van der Waals surface area contributed by atoms with Gasteiger partial charge in [0, 0.05) is 0 Å². The summed E-state index contributed by atoms with van der Waals surface area (Å²) in [4.78, 5) is 0. The SMILES string of the molecule is CCP(CC)CC.[I-].[Ni+2].c1cc[cH-]c1. The summed E-state index contributed by atoms with van der Waals surface area (Å²) in [6.07, 6.45) is 4.26. The Morgan fingerprint density at radius 3 is 1.36 bits per heavy atom. The van der Waals surface area contributed by atoms with Gasteiger partial charge in [-0.2, -0.15) is 18.2 Å². The Hall–Kier alpha value is 1.00. The smallest absolute Gasteiger partial charge is 1.00 e. The third-order valence-corrected chi connectivity index (χ3v) is 4.58. The summed E-state index contributed by atoms with van der Waals surface area (Å²) in [6, 6.07) is 10.0. The Kier molecular flexibility index (Phi) is 24.0. The fourth-order valence-electron chi connectivity index (χ4n) is 0.992. The minimum atomic E-state index is 0. The quantitative estimate of drug-likeness (QED) is 0.322. The van der Waals surface area contributed by atoms with Crippen LogP contribution in [0.1, 0.15) is 20.8 Å². The second-order valence-corrected chi connectivity index (χ2v) is 5.82. The molecule has 0 atom stereocenters. The third-order valence-electron chi connectivity index (χ3n) is 1.90. The van der Waals surface area contributed by atoms with Crippen molar-refractivity contribution in [3.05, 3.63) is 30.3 Å². The van der Waals surface area contributed by atoms with Crippen molar-refractivity contribution in [3.8, 4) is 0 Å². The van der Waals surface area contributed by atoms with Crippen molar-refractivity contribution >= 4 is 7.92 Å². The molecule has 0 fully saturated rings. The van der Waals surface area contributed by atoms with Crippen molar-refractivity contribution in [2.75, 3.05) is 18.5 Å². The summed E-state index contributed by atoms with van der Waals surface area (Å²) >= 11 is 0. The van der Waals surface area contributed by atoms with E-state index in [2.05, 4.69) is 20.8 Å². The van der Waals surface area contributed by atoms with Gasteiger partial charge in [-0.25, -0.2) is 12.1 Å². The van der Waals surface area contributed by atoms with Crippen molar-refractivity contribution in [2.45, 2.75) is 20.8 Å². The first-order valence-electron chi connectivity index (χ1n) is 4.74. The molecule has 0 aliphatic heterocycles. The summed E-state index contributed by atoms with van der Waals surface area (Å²) < 4.78 is 0. The van der Waals surface area contributed by atoms with Crippen LogP contribution in [0.5, 0.6) is 0 Å². The molecular formula is C11H20INiP. The zero-order valence-corrected chi connectivity index (χ0v) is 13.2. The van der Waals surface area contributed by atoms with E-state index in [4.69, 9.17) is 0 Å². The minimum Gasteiger partial charge on any atom is -1.00 e. The first-order valence-corrected chi connectivity index (χ1v) is 6.63. The molecule has 0 spiro atoms.